The summed E-state index contributed by atoms with van der Waals surface area (Å²) in [7, 11) is 0. The number of piperazine rings is 1. The molecule has 0 N–H and O–H groups in total. The van der Waals surface area contributed by atoms with Crippen molar-refractivity contribution < 1.29 is 9.32 Å². The van der Waals surface area contributed by atoms with Crippen LogP contribution >= 0.6 is 0 Å². The van der Waals surface area contributed by atoms with E-state index >= 15 is 0 Å². The summed E-state index contributed by atoms with van der Waals surface area (Å²) in [6.07, 6.45) is 0. The van der Waals surface area contributed by atoms with Crippen molar-refractivity contribution in [3.05, 3.63) is 45.7 Å². The quantitative estimate of drug-likeness (QED) is 0.803. The van der Waals surface area contributed by atoms with Gasteiger partial charge in [-0.25, -0.2) is 4.68 Å². The summed E-state index contributed by atoms with van der Waals surface area (Å²) in [5, 5.41) is 8.30. The van der Waals surface area contributed by atoms with Crippen LogP contribution in [0.15, 0.2) is 27.5 Å². The summed E-state index contributed by atoms with van der Waals surface area (Å²) >= 11 is 0. The molecule has 0 saturated carbocycles. The van der Waals surface area contributed by atoms with Crippen LogP contribution in [-0.2, 0) is 12.0 Å². The summed E-state index contributed by atoms with van der Waals surface area (Å²) in [6.45, 7) is 12.1. The fourth-order valence-electron chi connectivity index (χ4n) is 3.05. The summed E-state index contributed by atoms with van der Waals surface area (Å²) in [4.78, 5) is 28.5. The number of carbonyl (C=O) groups excluding carboxylic acids is 1. The number of amides is 1. The standard InChI is InChI=1S/C19H27N5O3/c1-14-13-15(21-27-14)18(26)23-10-7-22(8-11-23)9-12-24-17(25)6-5-16(20-24)19(2,3)4/h5-6,13H,7-12H2,1-4H3. The van der Waals surface area contributed by atoms with Crippen molar-refractivity contribution in [1.82, 2.24) is 24.7 Å². The second-order valence-corrected chi connectivity index (χ2v) is 7.99. The van der Waals surface area contributed by atoms with Crippen molar-refractivity contribution >= 4 is 5.91 Å². The molecule has 8 heteroatoms. The first kappa shape index (κ1) is 19.3. The van der Waals surface area contributed by atoms with Crippen molar-refractivity contribution in [2.24, 2.45) is 0 Å². The van der Waals surface area contributed by atoms with Gasteiger partial charge >= 0.3 is 0 Å². The van der Waals surface area contributed by atoms with E-state index in [9.17, 15) is 9.59 Å². The van der Waals surface area contributed by atoms with Gasteiger partial charge in [0.1, 0.15) is 5.76 Å². The van der Waals surface area contributed by atoms with Gasteiger partial charge in [-0.3, -0.25) is 14.5 Å². The summed E-state index contributed by atoms with van der Waals surface area (Å²) < 4.78 is 6.52. The first-order valence-corrected chi connectivity index (χ1v) is 9.27. The van der Waals surface area contributed by atoms with Gasteiger partial charge in [-0.2, -0.15) is 5.10 Å². The zero-order valence-electron chi connectivity index (χ0n) is 16.4. The monoisotopic (exact) mass is 373 g/mol. The molecular formula is C19H27N5O3. The Labute approximate surface area is 158 Å². The SMILES string of the molecule is Cc1cc(C(=O)N2CCN(CCn3nc(C(C)(C)C)ccc3=O)CC2)no1. The molecule has 0 radical (unpaired) electrons. The van der Waals surface area contributed by atoms with Crippen LogP contribution in [0.25, 0.3) is 0 Å². The van der Waals surface area contributed by atoms with E-state index in [1.807, 2.05) is 0 Å². The van der Waals surface area contributed by atoms with Crippen LogP contribution in [-0.4, -0.2) is 63.4 Å². The van der Waals surface area contributed by atoms with Crippen LogP contribution in [0.4, 0.5) is 0 Å². The van der Waals surface area contributed by atoms with Crippen LogP contribution in [0.2, 0.25) is 0 Å². The zero-order valence-corrected chi connectivity index (χ0v) is 16.4. The van der Waals surface area contributed by atoms with Gasteiger partial charge in [0.05, 0.1) is 12.2 Å². The van der Waals surface area contributed by atoms with Gasteiger partial charge in [0.2, 0.25) is 0 Å². The lowest BCUT2D eigenvalue weighted by Crippen LogP contribution is -2.49. The predicted molar refractivity (Wildman–Crippen MR) is 101 cm³/mol. The molecule has 0 aromatic carbocycles. The molecule has 1 amide bonds. The number of hydrogen-bond acceptors (Lipinski definition) is 6. The number of rotatable bonds is 4. The van der Waals surface area contributed by atoms with Gasteiger partial charge in [-0.1, -0.05) is 25.9 Å². The minimum atomic E-state index is -0.0963. The molecule has 0 unspecified atom stereocenters. The largest absolute Gasteiger partial charge is 0.361 e. The van der Waals surface area contributed by atoms with E-state index in [1.54, 1.807) is 30.0 Å². The van der Waals surface area contributed by atoms with E-state index in [0.29, 0.717) is 31.1 Å². The van der Waals surface area contributed by atoms with E-state index in [0.717, 1.165) is 25.3 Å². The van der Waals surface area contributed by atoms with E-state index < -0.39 is 0 Å². The second kappa shape index (κ2) is 7.64. The third-order valence-corrected chi connectivity index (χ3v) is 4.77. The van der Waals surface area contributed by atoms with E-state index in [-0.39, 0.29) is 16.9 Å². The molecule has 146 valence electrons. The predicted octanol–water partition coefficient (Wildman–Crippen LogP) is 1.30. The molecule has 8 nitrogen and oxygen atoms in total. The van der Waals surface area contributed by atoms with E-state index in [2.05, 4.69) is 35.9 Å². The molecule has 0 spiro atoms. The van der Waals surface area contributed by atoms with Crippen molar-refractivity contribution in [3.8, 4) is 0 Å². The first-order chi connectivity index (χ1) is 12.7. The van der Waals surface area contributed by atoms with Gasteiger partial charge in [0.25, 0.3) is 11.5 Å². The Kier molecular flexibility index (Phi) is 5.46. The Morgan fingerprint density at radius 2 is 1.85 bits per heavy atom. The maximum atomic E-state index is 12.4. The molecule has 0 aliphatic carbocycles. The molecular weight excluding hydrogens is 346 g/mol. The molecule has 0 atom stereocenters. The zero-order chi connectivity index (χ0) is 19.6. The van der Waals surface area contributed by atoms with E-state index in [4.69, 9.17) is 4.52 Å². The van der Waals surface area contributed by atoms with Crippen LogP contribution in [0.5, 0.6) is 0 Å². The summed E-state index contributed by atoms with van der Waals surface area (Å²) in [6, 6.07) is 5.05. The molecule has 2 aromatic rings. The molecule has 0 bridgehead atoms. The second-order valence-electron chi connectivity index (χ2n) is 7.99. The molecule has 27 heavy (non-hydrogen) atoms. The Hall–Kier alpha value is -2.48. The minimum Gasteiger partial charge on any atom is -0.361 e. The highest BCUT2D eigenvalue weighted by Gasteiger charge is 2.24. The number of aryl methyl sites for hydroxylation is 1. The fourth-order valence-corrected chi connectivity index (χ4v) is 3.05. The van der Waals surface area contributed by atoms with Crippen molar-refractivity contribution in [3.63, 3.8) is 0 Å². The third kappa shape index (κ3) is 4.63. The van der Waals surface area contributed by atoms with E-state index in [1.165, 1.54) is 4.68 Å². The lowest BCUT2D eigenvalue weighted by atomic mass is 9.92. The lowest BCUT2D eigenvalue weighted by Gasteiger charge is -2.34. The Balaban J connectivity index is 1.54. The van der Waals surface area contributed by atoms with Gasteiger partial charge in [-0.05, 0) is 13.0 Å². The van der Waals surface area contributed by atoms with Crippen molar-refractivity contribution in [2.45, 2.75) is 39.7 Å². The Bertz CT molecular complexity index is 857. The number of nitrogens with zero attached hydrogens (tertiary/aromatic N) is 5. The highest BCUT2D eigenvalue weighted by Crippen LogP contribution is 2.18. The topological polar surface area (TPSA) is 84.5 Å². The lowest BCUT2D eigenvalue weighted by molar-refractivity contribution is 0.0621. The fraction of sp³-hybridized carbons (Fsp3) is 0.579. The van der Waals surface area contributed by atoms with Crippen molar-refractivity contribution in [1.29, 1.82) is 0 Å². The molecule has 3 rings (SSSR count). The third-order valence-electron chi connectivity index (χ3n) is 4.77. The molecule has 1 aliphatic rings. The number of hydrogen-bond donors (Lipinski definition) is 0. The summed E-state index contributed by atoms with van der Waals surface area (Å²) in [5.74, 6) is 0.537. The maximum absolute atomic E-state index is 12.4. The highest BCUT2D eigenvalue weighted by molar-refractivity contribution is 5.92. The van der Waals surface area contributed by atoms with Gasteiger partial charge in [0.15, 0.2) is 5.69 Å². The van der Waals surface area contributed by atoms with Crippen LogP contribution in [0, 0.1) is 6.92 Å². The van der Waals surface area contributed by atoms with Crippen molar-refractivity contribution in [2.75, 3.05) is 32.7 Å². The molecule has 2 aromatic heterocycles. The Morgan fingerprint density at radius 1 is 1.15 bits per heavy atom. The summed E-state index contributed by atoms with van der Waals surface area (Å²) in [5.41, 5.74) is 1.08. The molecule has 1 fully saturated rings. The number of carbonyl (C=O) groups is 1. The van der Waals surface area contributed by atoms with Crippen LogP contribution in [0.3, 0.4) is 0 Å². The average Bonchev–Trinajstić information content (AvgIpc) is 3.06. The molecule has 1 saturated heterocycles. The van der Waals surface area contributed by atoms with Gasteiger partial charge < -0.3 is 9.42 Å². The molecule has 1 aliphatic heterocycles. The maximum Gasteiger partial charge on any atom is 0.276 e. The van der Waals surface area contributed by atoms with Crippen LogP contribution < -0.4 is 5.56 Å². The Morgan fingerprint density at radius 3 is 2.44 bits per heavy atom. The highest BCUT2D eigenvalue weighted by atomic mass is 16.5. The number of aromatic nitrogens is 3. The van der Waals surface area contributed by atoms with Crippen LogP contribution in [0.1, 0.15) is 42.7 Å². The smallest absolute Gasteiger partial charge is 0.276 e. The minimum absolute atomic E-state index is 0.0850. The normalized spacial score (nSPS) is 15.9. The van der Waals surface area contributed by atoms with Gasteiger partial charge in [0, 0.05) is 50.3 Å². The molecule has 3 heterocycles. The average molecular weight is 373 g/mol. The van der Waals surface area contributed by atoms with Gasteiger partial charge in [-0.15, -0.1) is 0 Å². The first-order valence-electron chi connectivity index (χ1n) is 9.27.